The van der Waals surface area contributed by atoms with Gasteiger partial charge >= 0.3 is 0 Å². The maximum absolute atomic E-state index is 5.29. The number of rotatable bonds is 4. The molecule has 0 N–H and O–H groups in total. The topological polar surface area (TPSA) is 25.8 Å². The van der Waals surface area contributed by atoms with Crippen LogP contribution in [0.25, 0.3) is 78.4 Å². The molecule has 1 heterocycles. The average molecular weight is 963 g/mol. The smallest absolute Gasteiger partial charge is 0.160 e. The molecule has 3 fully saturated rings. The monoisotopic (exact) mass is 962 g/mol. The Bertz CT molecular complexity index is 3840. The summed E-state index contributed by atoms with van der Waals surface area (Å²) >= 11 is 0. The fourth-order valence-corrected chi connectivity index (χ4v) is 17.5. The largest absolute Gasteiger partial charge is 0.228 e. The number of aromatic nitrogens is 2. The highest BCUT2D eigenvalue weighted by Gasteiger charge is 2.69. The number of fused-ring (bicyclic) bond motifs is 16. The van der Waals surface area contributed by atoms with Crippen molar-refractivity contribution in [2.75, 3.05) is 0 Å². The molecule has 3 spiro atoms. The van der Waals surface area contributed by atoms with Gasteiger partial charge in [-0.05, 0) is 159 Å². The predicted octanol–water partition coefficient (Wildman–Crippen LogP) is 18.3. The van der Waals surface area contributed by atoms with Crippen LogP contribution < -0.4 is 0 Å². The molecule has 0 amide bonds. The van der Waals surface area contributed by atoms with E-state index in [-0.39, 0.29) is 16.2 Å². The van der Waals surface area contributed by atoms with Gasteiger partial charge in [0.25, 0.3) is 0 Å². The summed E-state index contributed by atoms with van der Waals surface area (Å²) in [5, 5.41) is 0. The van der Waals surface area contributed by atoms with Crippen LogP contribution in [0.3, 0.4) is 0 Å². The van der Waals surface area contributed by atoms with Crippen LogP contribution in [-0.2, 0) is 16.2 Å². The van der Waals surface area contributed by atoms with Gasteiger partial charge in [-0.2, -0.15) is 0 Å². The fraction of sp³-hybridized carbons (Fsp3) is 0.205. The molecule has 3 saturated carbocycles. The normalized spacial score (nSPS) is 25.1. The van der Waals surface area contributed by atoms with E-state index in [1.54, 1.807) is 33.4 Å². The zero-order chi connectivity index (χ0) is 49.3. The Morgan fingerprint density at radius 1 is 0.307 bits per heavy atom. The van der Waals surface area contributed by atoms with E-state index in [1.807, 2.05) is 0 Å². The van der Waals surface area contributed by atoms with Crippen LogP contribution in [0.5, 0.6) is 0 Å². The first-order valence-electron chi connectivity index (χ1n) is 27.8. The Hall–Kier alpha value is -7.94. The molecule has 1 aromatic heterocycles. The van der Waals surface area contributed by atoms with Gasteiger partial charge in [-0.25, -0.2) is 9.97 Å². The number of nitrogens with zero attached hydrogens (tertiary/aromatic N) is 2. The van der Waals surface area contributed by atoms with E-state index in [9.17, 15) is 0 Å². The highest BCUT2D eigenvalue weighted by Crippen LogP contribution is 2.77. The lowest BCUT2D eigenvalue weighted by Gasteiger charge is -2.63. The summed E-state index contributed by atoms with van der Waals surface area (Å²) in [4.78, 5) is 10.6. The highest BCUT2D eigenvalue weighted by atomic mass is 14.9. The summed E-state index contributed by atoms with van der Waals surface area (Å²) < 4.78 is 0. The Morgan fingerprint density at radius 2 is 0.720 bits per heavy atom. The maximum atomic E-state index is 5.29. The van der Waals surface area contributed by atoms with Crippen molar-refractivity contribution in [1.29, 1.82) is 0 Å². The number of hydrogen-bond acceptors (Lipinski definition) is 2. The number of hydrogen-bond donors (Lipinski definition) is 0. The third kappa shape index (κ3) is 6.32. The molecule has 6 aliphatic rings. The van der Waals surface area contributed by atoms with E-state index >= 15 is 0 Å². The predicted molar refractivity (Wildman–Crippen MR) is 307 cm³/mol. The lowest BCUT2D eigenvalue weighted by atomic mass is 9.39. The van der Waals surface area contributed by atoms with Gasteiger partial charge in [-0.15, -0.1) is 0 Å². The van der Waals surface area contributed by atoms with E-state index in [2.05, 4.69) is 231 Å². The van der Waals surface area contributed by atoms with Crippen molar-refractivity contribution in [2.24, 2.45) is 5.92 Å². The minimum absolute atomic E-state index is 0.0830. The summed E-state index contributed by atoms with van der Waals surface area (Å²) in [6.45, 7) is 0. The van der Waals surface area contributed by atoms with Crippen LogP contribution in [0.1, 0.15) is 103 Å². The third-order valence-electron chi connectivity index (χ3n) is 19.9. The van der Waals surface area contributed by atoms with Gasteiger partial charge in [-0.3, -0.25) is 0 Å². The molecular weight excluding hydrogens is 905 g/mol. The molecule has 360 valence electrons. The fourth-order valence-electron chi connectivity index (χ4n) is 17.5. The van der Waals surface area contributed by atoms with E-state index in [0.29, 0.717) is 23.7 Å². The van der Waals surface area contributed by atoms with Crippen molar-refractivity contribution in [1.82, 2.24) is 9.97 Å². The first-order valence-corrected chi connectivity index (χ1v) is 27.8. The molecule has 6 bridgehead atoms. The summed E-state index contributed by atoms with van der Waals surface area (Å²) in [5.74, 6) is 2.31. The highest BCUT2D eigenvalue weighted by molar-refractivity contribution is 5.86. The minimum Gasteiger partial charge on any atom is -0.228 e. The SMILES string of the molecule is c1ccc(-c2cc(-c3ccccc3)nc(-c3ccc(-c4cccc5c4C46CC7CCC8(CCC9CC(CC(C4)c4ccccc4-5)(c4ccccc4-c4ccccc49)C86)c4ccccc4-c4ccccc47)cc3)n2)cc1. The quantitative estimate of drug-likeness (QED) is 0.176. The molecule has 16 rings (SSSR count). The van der Waals surface area contributed by atoms with E-state index in [0.717, 1.165) is 53.2 Å². The first kappa shape index (κ1) is 43.5. The van der Waals surface area contributed by atoms with Crippen molar-refractivity contribution >= 4 is 0 Å². The molecule has 2 nitrogen and oxygen atoms in total. The standard InChI is InChI=1S/C73H58N2/c1-3-18-48(19-4-1)66-42-67(49-20-5-2-6-21-49)75-69(74-66)50-36-34-47(35-37-50)57-30-17-31-63-60-27-12-9-24-56(60)53-45-72-43-51(54-22-7-11-26-59(54)62-29-14-16-33-65(62)72)38-40-71-41-39-52(44-73(46-53,68(57)63)70(71)72)55-23-8-10-25-58(55)61-28-13-15-32-64(61)71/h1-37,42,51-53,70H,38-41,43-46H2. The van der Waals surface area contributed by atoms with Crippen LogP contribution in [-0.4, -0.2) is 9.97 Å². The van der Waals surface area contributed by atoms with Crippen LogP contribution >= 0.6 is 0 Å². The van der Waals surface area contributed by atoms with Gasteiger partial charge in [0.05, 0.1) is 11.4 Å². The van der Waals surface area contributed by atoms with Gasteiger partial charge in [0.2, 0.25) is 0 Å². The second-order valence-corrected chi connectivity index (χ2v) is 23.2. The van der Waals surface area contributed by atoms with Crippen LogP contribution in [0.4, 0.5) is 0 Å². The first-order chi connectivity index (χ1) is 37.1. The molecule has 6 aliphatic carbocycles. The summed E-state index contributed by atoms with van der Waals surface area (Å²) in [7, 11) is 0. The third-order valence-corrected chi connectivity index (χ3v) is 19.9. The second-order valence-electron chi connectivity index (χ2n) is 23.2. The zero-order valence-corrected chi connectivity index (χ0v) is 42.3. The molecule has 75 heavy (non-hydrogen) atoms. The Kier molecular flexibility index (Phi) is 9.58. The van der Waals surface area contributed by atoms with Crippen molar-refractivity contribution in [3.8, 4) is 78.4 Å². The van der Waals surface area contributed by atoms with E-state index in [4.69, 9.17) is 9.97 Å². The number of benzene rings is 9. The van der Waals surface area contributed by atoms with Crippen LogP contribution in [0.2, 0.25) is 0 Å². The van der Waals surface area contributed by atoms with E-state index in [1.165, 1.54) is 76.6 Å². The lowest BCUT2D eigenvalue weighted by molar-refractivity contribution is 0.00226. The summed E-state index contributed by atoms with van der Waals surface area (Å²) in [6.07, 6.45) is 9.37. The van der Waals surface area contributed by atoms with Crippen LogP contribution in [0, 0.1) is 5.92 Å². The lowest BCUT2D eigenvalue weighted by Crippen LogP contribution is -2.60. The Morgan fingerprint density at radius 3 is 1.31 bits per heavy atom. The van der Waals surface area contributed by atoms with Crippen LogP contribution in [0.15, 0.2) is 231 Å². The van der Waals surface area contributed by atoms with Crippen molar-refractivity contribution in [3.05, 3.63) is 264 Å². The van der Waals surface area contributed by atoms with Crippen molar-refractivity contribution in [3.63, 3.8) is 0 Å². The van der Waals surface area contributed by atoms with Gasteiger partial charge in [-0.1, -0.05) is 224 Å². The summed E-state index contributed by atoms with van der Waals surface area (Å²) in [6, 6.07) is 88.7. The Balaban J connectivity index is 0.983. The zero-order valence-electron chi connectivity index (χ0n) is 42.3. The maximum Gasteiger partial charge on any atom is 0.160 e. The minimum atomic E-state index is -0.200. The van der Waals surface area contributed by atoms with Gasteiger partial charge in [0, 0.05) is 32.9 Å². The molecule has 7 atom stereocenters. The molecule has 0 radical (unpaired) electrons. The molecule has 0 aliphatic heterocycles. The van der Waals surface area contributed by atoms with Gasteiger partial charge in [0.1, 0.15) is 0 Å². The molecule has 0 saturated heterocycles. The van der Waals surface area contributed by atoms with Gasteiger partial charge in [0.15, 0.2) is 5.82 Å². The van der Waals surface area contributed by atoms with E-state index < -0.39 is 0 Å². The van der Waals surface area contributed by atoms with Crippen molar-refractivity contribution < 1.29 is 0 Å². The molecule has 2 heteroatoms. The van der Waals surface area contributed by atoms with Gasteiger partial charge < -0.3 is 0 Å². The second kappa shape index (κ2) is 16.5. The molecule has 10 aromatic rings. The molecule has 7 unspecified atom stereocenters. The molecule has 9 aromatic carbocycles. The summed E-state index contributed by atoms with van der Waals surface area (Å²) in [5.41, 5.74) is 25.5. The Labute approximate surface area is 441 Å². The average Bonchev–Trinajstić information content (AvgIpc) is 4.10. The van der Waals surface area contributed by atoms with Crippen molar-refractivity contribution in [2.45, 2.75) is 85.4 Å². The molecular formula is C73H58N2.